The van der Waals surface area contributed by atoms with E-state index in [-0.39, 0.29) is 36.6 Å². The molecule has 0 fully saturated rings. The van der Waals surface area contributed by atoms with Crippen LogP contribution in [0.3, 0.4) is 0 Å². The lowest BCUT2D eigenvalue weighted by atomic mass is 9.79. The van der Waals surface area contributed by atoms with E-state index in [1.807, 2.05) is 0 Å². The number of hydrogen-bond donors (Lipinski definition) is 0. The Labute approximate surface area is 219 Å². The van der Waals surface area contributed by atoms with Gasteiger partial charge in [0.25, 0.3) is 5.92 Å². The van der Waals surface area contributed by atoms with Gasteiger partial charge in [-0.15, -0.1) is 0 Å². The fraction of sp³-hybridized carbons (Fsp3) is 0.667. The molecule has 3 rings (SSSR count). The molecule has 206 valence electrons. The summed E-state index contributed by atoms with van der Waals surface area (Å²) >= 11 is 0. The Morgan fingerprint density at radius 2 is 1.68 bits per heavy atom. The van der Waals surface area contributed by atoms with Gasteiger partial charge >= 0.3 is 0 Å². The summed E-state index contributed by atoms with van der Waals surface area (Å²) in [6.45, 7) is 6.79. The first-order valence-electron chi connectivity index (χ1n) is 14.1. The molecule has 0 aliphatic heterocycles. The van der Waals surface area contributed by atoms with Gasteiger partial charge in [0, 0.05) is 12.4 Å². The molecule has 1 aliphatic carbocycles. The van der Waals surface area contributed by atoms with Crippen molar-refractivity contribution < 1.29 is 22.3 Å². The molecule has 2 atom stereocenters. The topological polar surface area (TPSA) is 35.0 Å². The number of halogens is 4. The molecule has 0 N–H and O–H groups in total. The summed E-state index contributed by atoms with van der Waals surface area (Å²) in [7, 11) is 0. The molecular weight excluding hydrogens is 480 g/mol. The van der Waals surface area contributed by atoms with Crippen LogP contribution >= 0.6 is 0 Å². The molecule has 2 unspecified atom stereocenters. The van der Waals surface area contributed by atoms with Gasteiger partial charge in [0.15, 0.2) is 11.6 Å². The van der Waals surface area contributed by atoms with Crippen LogP contribution in [0, 0.1) is 17.6 Å². The minimum absolute atomic E-state index is 0.0257. The van der Waals surface area contributed by atoms with Gasteiger partial charge in [0.1, 0.15) is 5.82 Å². The van der Waals surface area contributed by atoms with Crippen molar-refractivity contribution in [3.63, 3.8) is 0 Å². The van der Waals surface area contributed by atoms with Gasteiger partial charge in [-0.2, -0.15) is 4.39 Å². The highest BCUT2D eigenvalue weighted by atomic mass is 19.3. The third-order valence-electron chi connectivity index (χ3n) is 7.63. The third-order valence-corrected chi connectivity index (χ3v) is 7.63. The average Bonchev–Trinajstić information content (AvgIpc) is 2.88. The number of alkyl halides is 2. The van der Waals surface area contributed by atoms with Gasteiger partial charge < -0.3 is 4.74 Å². The number of unbranched alkanes of at least 4 members (excludes halogenated alkanes) is 6. The minimum Gasteiger partial charge on any atom is -0.490 e. The van der Waals surface area contributed by atoms with E-state index in [0.29, 0.717) is 12.3 Å². The SMILES string of the molecule is CCCCCCCCOc1cc2c(c(F)c1F)C(F)(F)C(c1ncc(CCCCC(C)CC)cn1)CC2. The summed E-state index contributed by atoms with van der Waals surface area (Å²) < 4.78 is 66.2. The van der Waals surface area contributed by atoms with Crippen molar-refractivity contribution in [3.05, 3.63) is 52.6 Å². The van der Waals surface area contributed by atoms with E-state index in [9.17, 15) is 8.78 Å². The molecule has 0 radical (unpaired) electrons. The molecule has 1 heterocycles. The van der Waals surface area contributed by atoms with Crippen LogP contribution in [0.25, 0.3) is 0 Å². The van der Waals surface area contributed by atoms with Crippen LogP contribution in [-0.4, -0.2) is 16.6 Å². The number of benzene rings is 1. The number of ether oxygens (including phenoxy) is 1. The summed E-state index contributed by atoms with van der Waals surface area (Å²) in [5.41, 5.74) is 0.110. The van der Waals surface area contributed by atoms with E-state index in [1.165, 1.54) is 12.5 Å². The second-order valence-electron chi connectivity index (χ2n) is 10.6. The Morgan fingerprint density at radius 3 is 2.38 bits per heavy atom. The first-order valence-corrected chi connectivity index (χ1v) is 14.1. The molecule has 1 aromatic carbocycles. The fourth-order valence-corrected chi connectivity index (χ4v) is 5.03. The van der Waals surface area contributed by atoms with Crippen LogP contribution in [0.15, 0.2) is 18.5 Å². The molecule has 0 saturated heterocycles. The summed E-state index contributed by atoms with van der Waals surface area (Å²) in [6, 6.07) is 1.25. The number of rotatable bonds is 15. The number of fused-ring (bicyclic) bond motifs is 1. The standard InChI is InChI=1S/C30H42F4N2O/c1-4-6-7-8-9-12-17-37-25-18-23-15-16-24(30(33,34)26(23)28(32)27(25)31)29-35-19-22(20-36-29)14-11-10-13-21(3)5-2/h18-21,24H,4-17H2,1-3H3. The number of nitrogens with zero attached hydrogens (tertiary/aromatic N) is 2. The normalized spacial score (nSPS) is 17.4. The van der Waals surface area contributed by atoms with Crippen molar-refractivity contribution in [2.24, 2.45) is 5.92 Å². The molecule has 0 saturated carbocycles. The van der Waals surface area contributed by atoms with Crippen molar-refractivity contribution in [2.45, 2.75) is 116 Å². The van der Waals surface area contributed by atoms with Crippen molar-refractivity contribution >= 4 is 0 Å². The number of aryl methyl sites for hydroxylation is 2. The van der Waals surface area contributed by atoms with E-state index < -0.39 is 29.0 Å². The number of hydrogen-bond acceptors (Lipinski definition) is 3. The van der Waals surface area contributed by atoms with Gasteiger partial charge in [-0.3, -0.25) is 0 Å². The average molecular weight is 523 g/mol. The lowest BCUT2D eigenvalue weighted by molar-refractivity contribution is -0.0499. The predicted octanol–water partition coefficient (Wildman–Crippen LogP) is 9.07. The summed E-state index contributed by atoms with van der Waals surface area (Å²) in [5, 5.41) is 0. The highest BCUT2D eigenvalue weighted by Gasteiger charge is 2.50. The second kappa shape index (κ2) is 14.1. The summed E-state index contributed by atoms with van der Waals surface area (Å²) in [4.78, 5) is 8.43. The largest absolute Gasteiger partial charge is 0.490 e. The maximum absolute atomic E-state index is 15.5. The second-order valence-corrected chi connectivity index (χ2v) is 10.6. The zero-order valence-corrected chi connectivity index (χ0v) is 22.6. The smallest absolute Gasteiger partial charge is 0.286 e. The van der Waals surface area contributed by atoms with Gasteiger partial charge in [-0.25, -0.2) is 23.1 Å². The maximum Gasteiger partial charge on any atom is 0.286 e. The van der Waals surface area contributed by atoms with Crippen molar-refractivity contribution in [2.75, 3.05) is 6.61 Å². The van der Waals surface area contributed by atoms with Gasteiger partial charge in [0.05, 0.1) is 18.1 Å². The Kier molecular flexibility index (Phi) is 11.2. The van der Waals surface area contributed by atoms with Gasteiger partial charge in [-0.05, 0) is 55.2 Å². The fourth-order valence-electron chi connectivity index (χ4n) is 5.03. The molecule has 3 nitrogen and oxygen atoms in total. The first kappa shape index (κ1) is 29.4. The van der Waals surface area contributed by atoms with Gasteiger partial charge in [-0.1, -0.05) is 72.1 Å². The van der Waals surface area contributed by atoms with Gasteiger partial charge in [0.2, 0.25) is 5.82 Å². The number of aromatic nitrogens is 2. The molecule has 1 aromatic heterocycles. The molecule has 7 heteroatoms. The predicted molar refractivity (Wildman–Crippen MR) is 139 cm³/mol. The van der Waals surface area contributed by atoms with Crippen LogP contribution in [0.4, 0.5) is 17.6 Å². The van der Waals surface area contributed by atoms with Crippen LogP contribution in [0.2, 0.25) is 0 Å². The Morgan fingerprint density at radius 1 is 0.973 bits per heavy atom. The monoisotopic (exact) mass is 522 g/mol. The Hall–Kier alpha value is -2.18. The molecule has 0 bridgehead atoms. The summed E-state index contributed by atoms with van der Waals surface area (Å²) in [5.74, 6) is -7.50. The van der Waals surface area contributed by atoms with Crippen molar-refractivity contribution in [1.82, 2.24) is 9.97 Å². The molecule has 37 heavy (non-hydrogen) atoms. The highest BCUT2D eigenvalue weighted by molar-refractivity contribution is 5.44. The van der Waals surface area contributed by atoms with Crippen LogP contribution in [0.5, 0.6) is 5.75 Å². The molecular formula is C30H42F4N2O. The third kappa shape index (κ3) is 7.67. The van der Waals surface area contributed by atoms with Crippen molar-refractivity contribution in [3.8, 4) is 5.75 Å². The Balaban J connectivity index is 1.64. The lowest BCUT2D eigenvalue weighted by Crippen LogP contribution is -2.33. The maximum atomic E-state index is 15.5. The lowest BCUT2D eigenvalue weighted by Gasteiger charge is -2.33. The van der Waals surface area contributed by atoms with Crippen LogP contribution in [0.1, 0.15) is 120 Å². The molecule has 0 amide bonds. The van der Waals surface area contributed by atoms with E-state index in [0.717, 1.165) is 63.4 Å². The highest BCUT2D eigenvalue weighted by Crippen LogP contribution is 2.50. The molecule has 1 aliphatic rings. The van der Waals surface area contributed by atoms with Crippen molar-refractivity contribution in [1.29, 1.82) is 0 Å². The minimum atomic E-state index is -3.62. The van der Waals surface area contributed by atoms with E-state index >= 15 is 8.78 Å². The molecule has 2 aromatic rings. The van der Waals surface area contributed by atoms with Crippen LogP contribution < -0.4 is 4.74 Å². The first-order chi connectivity index (χ1) is 17.8. The van der Waals surface area contributed by atoms with E-state index in [2.05, 4.69) is 30.7 Å². The van der Waals surface area contributed by atoms with E-state index in [4.69, 9.17) is 4.74 Å². The molecule has 0 spiro atoms. The zero-order chi connectivity index (χ0) is 26.8. The summed E-state index contributed by atoms with van der Waals surface area (Å²) in [6.07, 6.45) is 14.8. The Bertz CT molecular complexity index is 981. The quantitative estimate of drug-likeness (QED) is 0.173. The zero-order valence-electron chi connectivity index (χ0n) is 22.6. The van der Waals surface area contributed by atoms with E-state index in [1.54, 1.807) is 12.4 Å². The van der Waals surface area contributed by atoms with Crippen LogP contribution in [-0.2, 0) is 18.8 Å².